The predicted molar refractivity (Wildman–Crippen MR) is 138 cm³/mol. The zero-order valence-electron chi connectivity index (χ0n) is 18.5. The number of para-hydroxylation sites is 1. The third kappa shape index (κ3) is 4.50. The molecule has 0 radical (unpaired) electrons. The van der Waals surface area contributed by atoms with Crippen LogP contribution in [0.1, 0.15) is 22.9 Å². The molecule has 172 valence electrons. The number of aromatic nitrogens is 1. The highest BCUT2D eigenvalue weighted by Crippen LogP contribution is 2.45. The lowest BCUT2D eigenvalue weighted by molar-refractivity contribution is -0.384. The Kier molecular flexibility index (Phi) is 6.23. The monoisotopic (exact) mass is 490 g/mol. The molecule has 1 aliphatic heterocycles. The van der Waals surface area contributed by atoms with E-state index >= 15 is 0 Å². The predicted octanol–water partition coefficient (Wildman–Crippen LogP) is 5.96. The number of rotatable bonds is 6. The van der Waals surface area contributed by atoms with Gasteiger partial charge in [0.15, 0.2) is 0 Å². The molecule has 2 aromatic carbocycles. The van der Waals surface area contributed by atoms with E-state index in [4.69, 9.17) is 4.98 Å². The number of fused-ring (bicyclic) bond motifs is 2. The van der Waals surface area contributed by atoms with Crippen LogP contribution >= 0.6 is 22.7 Å². The van der Waals surface area contributed by atoms with E-state index in [1.165, 1.54) is 28.6 Å². The number of hydrogen-bond donors (Lipinski definition) is 1. The van der Waals surface area contributed by atoms with Crippen LogP contribution in [0.5, 0.6) is 0 Å². The number of nitrogens with one attached hydrogen (secondary N) is 1. The molecule has 0 spiro atoms. The van der Waals surface area contributed by atoms with Crippen molar-refractivity contribution in [1.29, 1.82) is 0 Å². The van der Waals surface area contributed by atoms with E-state index in [2.05, 4.69) is 23.2 Å². The van der Waals surface area contributed by atoms with Crippen molar-refractivity contribution < 1.29 is 9.72 Å². The van der Waals surface area contributed by atoms with E-state index in [-0.39, 0.29) is 11.6 Å². The van der Waals surface area contributed by atoms with Crippen LogP contribution in [0, 0.1) is 10.1 Å². The first-order valence-corrected chi connectivity index (χ1v) is 12.6. The number of thiazole rings is 1. The minimum absolute atomic E-state index is 0.00732. The van der Waals surface area contributed by atoms with Crippen LogP contribution in [0.15, 0.2) is 54.6 Å². The number of nitro benzene ring substituents is 1. The Balaban J connectivity index is 1.47. The summed E-state index contributed by atoms with van der Waals surface area (Å²) in [7, 11) is 0. The third-order valence-electron chi connectivity index (χ3n) is 5.84. The topological polar surface area (TPSA) is 88.4 Å². The van der Waals surface area contributed by atoms with Crippen LogP contribution in [0.4, 0.5) is 10.7 Å². The molecule has 4 aromatic rings. The van der Waals surface area contributed by atoms with Crippen molar-refractivity contribution in [1.82, 2.24) is 9.88 Å². The smallest absolute Gasteiger partial charge is 0.270 e. The summed E-state index contributed by atoms with van der Waals surface area (Å²) in [6, 6.07) is 14.3. The molecule has 34 heavy (non-hydrogen) atoms. The molecule has 5 rings (SSSR count). The van der Waals surface area contributed by atoms with Crippen molar-refractivity contribution in [3.05, 3.63) is 80.7 Å². The lowest BCUT2D eigenvalue weighted by Gasteiger charge is -2.25. The maximum Gasteiger partial charge on any atom is 0.270 e. The van der Waals surface area contributed by atoms with Gasteiger partial charge < -0.3 is 5.32 Å². The normalized spacial score (nSPS) is 13.9. The van der Waals surface area contributed by atoms with Gasteiger partial charge in [-0.3, -0.25) is 19.8 Å². The summed E-state index contributed by atoms with van der Waals surface area (Å²) in [6.45, 7) is 5.00. The standard InChI is InChI=1S/C25H22N4O3S2/c1-2-28-13-12-18-21(15-28)34-25(23(18)24-26-19-8-3-4-9-20(19)33-24)27-22(30)11-10-16-6-5-7-17(14-16)29(31)32/h3-11,14H,2,12-13,15H2,1H3,(H,27,30). The van der Waals surface area contributed by atoms with E-state index < -0.39 is 4.92 Å². The molecule has 7 nitrogen and oxygen atoms in total. The summed E-state index contributed by atoms with van der Waals surface area (Å²) in [6.07, 6.45) is 3.93. The van der Waals surface area contributed by atoms with E-state index in [0.29, 0.717) is 5.56 Å². The van der Waals surface area contributed by atoms with Gasteiger partial charge in [-0.15, -0.1) is 22.7 Å². The molecule has 3 heterocycles. The lowest BCUT2D eigenvalue weighted by Crippen LogP contribution is -2.29. The van der Waals surface area contributed by atoms with Crippen LogP contribution in [0.2, 0.25) is 0 Å². The van der Waals surface area contributed by atoms with Crippen LogP contribution in [0.25, 0.3) is 26.9 Å². The Bertz CT molecular complexity index is 1390. The molecule has 0 fully saturated rings. The van der Waals surface area contributed by atoms with Gasteiger partial charge in [-0.05, 0) is 42.3 Å². The number of benzene rings is 2. The van der Waals surface area contributed by atoms with Gasteiger partial charge in [0.05, 0.1) is 15.1 Å². The fraction of sp³-hybridized carbons (Fsp3) is 0.200. The summed E-state index contributed by atoms with van der Waals surface area (Å²) in [5.74, 6) is -0.278. The number of anilines is 1. The SMILES string of the molecule is CCN1CCc2c(sc(NC(=O)C=Cc3cccc([N+](=O)[O-])c3)c2-c2nc3ccccc3s2)C1. The Hall–Kier alpha value is -3.40. The number of carbonyl (C=O) groups is 1. The first-order valence-electron chi connectivity index (χ1n) is 11.0. The molecule has 1 aliphatic rings. The molecule has 0 saturated carbocycles. The number of thiophene rings is 1. The highest BCUT2D eigenvalue weighted by molar-refractivity contribution is 7.22. The first kappa shape index (κ1) is 22.4. The number of amides is 1. The van der Waals surface area contributed by atoms with Crippen molar-refractivity contribution >= 4 is 55.6 Å². The maximum absolute atomic E-state index is 12.8. The van der Waals surface area contributed by atoms with Crippen LogP contribution in [-0.4, -0.2) is 33.8 Å². The fourth-order valence-electron chi connectivity index (χ4n) is 4.09. The molecule has 0 aliphatic carbocycles. The number of hydrogen-bond acceptors (Lipinski definition) is 7. The molecular formula is C25H22N4O3S2. The highest BCUT2D eigenvalue weighted by atomic mass is 32.1. The largest absolute Gasteiger partial charge is 0.313 e. The molecular weight excluding hydrogens is 468 g/mol. The van der Waals surface area contributed by atoms with Gasteiger partial charge in [0.25, 0.3) is 5.69 Å². The summed E-state index contributed by atoms with van der Waals surface area (Å²) >= 11 is 3.25. The minimum Gasteiger partial charge on any atom is -0.313 e. The quantitative estimate of drug-likeness (QED) is 0.205. The van der Waals surface area contributed by atoms with Gasteiger partial charge in [0.2, 0.25) is 5.91 Å². The number of carbonyl (C=O) groups excluding carboxylic acids is 1. The van der Waals surface area contributed by atoms with Crippen molar-refractivity contribution in [2.75, 3.05) is 18.4 Å². The van der Waals surface area contributed by atoms with Gasteiger partial charge in [-0.1, -0.05) is 31.2 Å². The molecule has 9 heteroatoms. The van der Waals surface area contributed by atoms with E-state index in [0.717, 1.165) is 51.8 Å². The number of non-ortho nitro benzene ring substituents is 1. The fourth-order valence-corrected chi connectivity index (χ4v) is 6.49. The second-order valence-corrected chi connectivity index (χ2v) is 10.1. The molecule has 0 atom stereocenters. The number of likely N-dealkylation sites (N-methyl/N-ethyl adjacent to an activating group) is 1. The average molecular weight is 491 g/mol. The van der Waals surface area contributed by atoms with Gasteiger partial charge in [-0.25, -0.2) is 4.98 Å². The molecule has 0 saturated heterocycles. The van der Waals surface area contributed by atoms with Crippen LogP contribution < -0.4 is 5.32 Å². The van der Waals surface area contributed by atoms with Crippen molar-refractivity contribution in [2.24, 2.45) is 0 Å². The van der Waals surface area contributed by atoms with Gasteiger partial charge in [0, 0.05) is 41.7 Å². The Morgan fingerprint density at radius 1 is 1.24 bits per heavy atom. The van der Waals surface area contributed by atoms with Crippen molar-refractivity contribution in [2.45, 2.75) is 19.9 Å². The Labute approximate surface area is 204 Å². The van der Waals surface area contributed by atoms with Crippen LogP contribution in [0.3, 0.4) is 0 Å². The van der Waals surface area contributed by atoms with Crippen LogP contribution in [-0.2, 0) is 17.8 Å². The average Bonchev–Trinajstić information content (AvgIpc) is 3.42. The summed E-state index contributed by atoms with van der Waals surface area (Å²) in [5, 5.41) is 15.8. The third-order valence-corrected chi connectivity index (χ3v) is 8.02. The Morgan fingerprint density at radius 2 is 2.09 bits per heavy atom. The molecule has 1 N–H and O–H groups in total. The van der Waals surface area contributed by atoms with Gasteiger partial charge in [-0.2, -0.15) is 0 Å². The number of nitro groups is 1. The van der Waals surface area contributed by atoms with E-state index in [9.17, 15) is 14.9 Å². The lowest BCUT2D eigenvalue weighted by atomic mass is 10.0. The van der Waals surface area contributed by atoms with Gasteiger partial charge in [0.1, 0.15) is 10.0 Å². The molecule has 0 unspecified atom stereocenters. The molecule has 2 aromatic heterocycles. The molecule has 1 amide bonds. The maximum atomic E-state index is 12.8. The van der Waals surface area contributed by atoms with E-state index in [1.54, 1.807) is 40.9 Å². The summed E-state index contributed by atoms with van der Waals surface area (Å²) < 4.78 is 1.12. The zero-order chi connectivity index (χ0) is 23.7. The Morgan fingerprint density at radius 3 is 2.88 bits per heavy atom. The van der Waals surface area contributed by atoms with E-state index in [1.807, 2.05) is 18.2 Å². The van der Waals surface area contributed by atoms with Crippen molar-refractivity contribution in [3.63, 3.8) is 0 Å². The second kappa shape index (κ2) is 9.46. The van der Waals surface area contributed by atoms with Crippen molar-refractivity contribution in [3.8, 4) is 10.6 Å². The van der Waals surface area contributed by atoms with Gasteiger partial charge >= 0.3 is 0 Å². The second-order valence-electron chi connectivity index (χ2n) is 7.99. The summed E-state index contributed by atoms with van der Waals surface area (Å²) in [5.41, 5.74) is 3.84. The highest BCUT2D eigenvalue weighted by Gasteiger charge is 2.27. The molecule has 0 bridgehead atoms. The zero-order valence-corrected chi connectivity index (χ0v) is 20.1. The number of nitrogens with zero attached hydrogens (tertiary/aromatic N) is 3. The minimum atomic E-state index is -0.447. The summed E-state index contributed by atoms with van der Waals surface area (Å²) in [4.78, 5) is 31.9. The first-order chi connectivity index (χ1) is 16.5.